The molecule has 0 N–H and O–H groups in total. The number of hydrogen-bond donors (Lipinski definition) is 0. The van der Waals surface area contributed by atoms with Crippen LogP contribution in [0.25, 0.3) is 0 Å². The number of rotatable bonds is 4. The second kappa shape index (κ2) is 7.21. The molecule has 132 valence electrons. The van der Waals surface area contributed by atoms with Gasteiger partial charge in [0.05, 0.1) is 17.6 Å². The molecule has 1 aromatic carbocycles. The molecule has 0 unspecified atom stereocenters. The van der Waals surface area contributed by atoms with Crippen molar-refractivity contribution in [2.45, 2.75) is 36.6 Å². The third kappa shape index (κ3) is 3.48. The number of benzene rings is 1. The van der Waals surface area contributed by atoms with Crippen LogP contribution in [0.2, 0.25) is 0 Å². The molecule has 0 bridgehead atoms. The van der Waals surface area contributed by atoms with Gasteiger partial charge in [-0.15, -0.1) is 0 Å². The van der Waals surface area contributed by atoms with Crippen molar-refractivity contribution >= 4 is 16.0 Å². The summed E-state index contributed by atoms with van der Waals surface area (Å²) in [6.45, 7) is 2.84. The first-order valence-electron chi connectivity index (χ1n) is 8.45. The van der Waals surface area contributed by atoms with Crippen molar-refractivity contribution in [2.75, 3.05) is 33.3 Å². The monoisotopic (exact) mass is 352 g/mol. The van der Waals surface area contributed by atoms with Gasteiger partial charge in [0.1, 0.15) is 0 Å². The summed E-state index contributed by atoms with van der Waals surface area (Å²) in [5.74, 6) is -0.468. The smallest absolute Gasteiger partial charge is 0.337 e. The van der Waals surface area contributed by atoms with Crippen LogP contribution in [0.3, 0.4) is 0 Å². The fraction of sp³-hybridized carbons (Fsp3) is 0.588. The van der Waals surface area contributed by atoms with Crippen LogP contribution >= 0.6 is 0 Å². The van der Waals surface area contributed by atoms with Gasteiger partial charge >= 0.3 is 5.97 Å². The second-order valence-corrected chi connectivity index (χ2v) is 8.33. The molecule has 0 aromatic heterocycles. The molecule has 1 aliphatic carbocycles. The van der Waals surface area contributed by atoms with E-state index in [9.17, 15) is 13.2 Å². The minimum absolute atomic E-state index is 0.229. The van der Waals surface area contributed by atoms with Crippen LogP contribution < -0.4 is 0 Å². The average molecular weight is 352 g/mol. The van der Waals surface area contributed by atoms with Crippen LogP contribution in [0, 0.1) is 0 Å². The van der Waals surface area contributed by atoms with E-state index in [0.717, 1.165) is 19.5 Å². The van der Waals surface area contributed by atoms with Gasteiger partial charge < -0.3 is 4.74 Å². The molecule has 0 atom stereocenters. The van der Waals surface area contributed by atoms with Crippen molar-refractivity contribution in [1.29, 1.82) is 0 Å². The summed E-state index contributed by atoms with van der Waals surface area (Å²) in [5, 5.41) is 0. The first kappa shape index (κ1) is 17.4. The molecule has 1 heterocycles. The SMILES string of the molecule is COC(=O)c1ccc(S(=O)(=O)N2CCCN(C3CCC3)CC2)cc1. The molecule has 0 radical (unpaired) electrons. The van der Waals surface area contributed by atoms with Gasteiger partial charge in [0.2, 0.25) is 10.0 Å². The Morgan fingerprint density at radius 1 is 1.04 bits per heavy atom. The summed E-state index contributed by atoms with van der Waals surface area (Å²) in [6.07, 6.45) is 4.62. The summed E-state index contributed by atoms with van der Waals surface area (Å²) in [7, 11) is -2.21. The van der Waals surface area contributed by atoms with Gasteiger partial charge in [-0.1, -0.05) is 6.42 Å². The van der Waals surface area contributed by atoms with E-state index in [0.29, 0.717) is 24.7 Å². The first-order chi connectivity index (χ1) is 11.5. The maximum Gasteiger partial charge on any atom is 0.337 e. The molecule has 0 amide bonds. The molecule has 7 heteroatoms. The maximum absolute atomic E-state index is 12.8. The summed E-state index contributed by atoms with van der Waals surface area (Å²) in [4.78, 5) is 14.1. The number of sulfonamides is 1. The molecule has 3 rings (SSSR count). The zero-order valence-electron chi connectivity index (χ0n) is 14.0. The van der Waals surface area contributed by atoms with Crippen LogP contribution in [-0.2, 0) is 14.8 Å². The maximum atomic E-state index is 12.8. The molecule has 0 spiro atoms. The van der Waals surface area contributed by atoms with E-state index in [4.69, 9.17) is 0 Å². The highest BCUT2D eigenvalue weighted by Gasteiger charge is 2.31. The molecule has 2 aliphatic rings. The highest BCUT2D eigenvalue weighted by atomic mass is 32.2. The lowest BCUT2D eigenvalue weighted by atomic mass is 9.91. The van der Waals surface area contributed by atoms with Gasteiger partial charge in [-0.25, -0.2) is 13.2 Å². The van der Waals surface area contributed by atoms with E-state index >= 15 is 0 Å². The van der Waals surface area contributed by atoms with Gasteiger partial charge in [-0.3, -0.25) is 4.90 Å². The summed E-state index contributed by atoms with van der Waals surface area (Å²) in [6, 6.07) is 6.60. The number of carbonyl (C=O) groups is 1. The molecular weight excluding hydrogens is 328 g/mol. The average Bonchev–Trinajstić information content (AvgIpc) is 2.79. The van der Waals surface area contributed by atoms with E-state index in [-0.39, 0.29) is 4.90 Å². The lowest BCUT2D eigenvalue weighted by Gasteiger charge is -2.36. The lowest BCUT2D eigenvalue weighted by molar-refractivity contribution is 0.0600. The number of nitrogens with zero attached hydrogens (tertiary/aromatic N) is 2. The zero-order chi connectivity index (χ0) is 17.2. The standard InChI is InChI=1S/C17H24N2O4S/c1-23-17(20)14-6-8-16(9-7-14)24(21,22)19-11-3-10-18(12-13-19)15-4-2-5-15/h6-9,15H,2-5,10-13H2,1H3. The van der Waals surface area contributed by atoms with Gasteiger partial charge in [0.15, 0.2) is 0 Å². The largest absolute Gasteiger partial charge is 0.465 e. The number of carbonyl (C=O) groups excluding carboxylic acids is 1. The van der Waals surface area contributed by atoms with Crippen LogP contribution in [0.4, 0.5) is 0 Å². The Labute approximate surface area is 143 Å². The van der Waals surface area contributed by atoms with Gasteiger partial charge in [0.25, 0.3) is 0 Å². The van der Waals surface area contributed by atoms with Crippen molar-refractivity contribution in [3.8, 4) is 0 Å². The highest BCUT2D eigenvalue weighted by Crippen LogP contribution is 2.26. The highest BCUT2D eigenvalue weighted by molar-refractivity contribution is 7.89. The Morgan fingerprint density at radius 3 is 2.33 bits per heavy atom. The second-order valence-electron chi connectivity index (χ2n) is 6.39. The molecule has 24 heavy (non-hydrogen) atoms. The summed E-state index contributed by atoms with van der Waals surface area (Å²) >= 11 is 0. The quantitative estimate of drug-likeness (QED) is 0.772. The Bertz CT molecular complexity index is 683. The lowest BCUT2D eigenvalue weighted by Crippen LogP contribution is -2.42. The van der Waals surface area contributed by atoms with E-state index < -0.39 is 16.0 Å². The fourth-order valence-corrected chi connectivity index (χ4v) is 4.77. The van der Waals surface area contributed by atoms with E-state index in [1.54, 1.807) is 4.31 Å². The Kier molecular flexibility index (Phi) is 5.22. The van der Waals surface area contributed by atoms with Crippen LogP contribution in [0.15, 0.2) is 29.2 Å². The first-order valence-corrected chi connectivity index (χ1v) is 9.89. The Hall–Kier alpha value is -1.44. The van der Waals surface area contributed by atoms with Crippen LogP contribution in [0.1, 0.15) is 36.0 Å². The number of ether oxygens (including phenoxy) is 1. The van der Waals surface area contributed by atoms with Crippen molar-refractivity contribution in [3.05, 3.63) is 29.8 Å². The molecule has 2 fully saturated rings. The minimum Gasteiger partial charge on any atom is -0.465 e. The topological polar surface area (TPSA) is 66.9 Å². The van der Waals surface area contributed by atoms with E-state index in [2.05, 4.69) is 9.64 Å². The number of hydrogen-bond acceptors (Lipinski definition) is 5. The molecule has 1 saturated carbocycles. The van der Waals surface area contributed by atoms with Gasteiger partial charge in [-0.2, -0.15) is 4.31 Å². The van der Waals surface area contributed by atoms with Crippen molar-refractivity contribution in [3.63, 3.8) is 0 Å². The van der Waals surface area contributed by atoms with Gasteiger partial charge in [-0.05, 0) is 50.1 Å². The van der Waals surface area contributed by atoms with Crippen molar-refractivity contribution < 1.29 is 17.9 Å². The van der Waals surface area contributed by atoms with E-state index in [1.165, 1.54) is 50.6 Å². The number of methoxy groups -OCH3 is 1. The predicted octanol–water partition coefficient (Wildman–Crippen LogP) is 1.72. The normalized spacial score (nSPS) is 21.0. The third-order valence-electron chi connectivity index (χ3n) is 4.99. The third-order valence-corrected chi connectivity index (χ3v) is 6.91. The van der Waals surface area contributed by atoms with Crippen molar-refractivity contribution in [2.24, 2.45) is 0 Å². The molecule has 1 saturated heterocycles. The predicted molar refractivity (Wildman–Crippen MR) is 90.4 cm³/mol. The van der Waals surface area contributed by atoms with Crippen LogP contribution in [0.5, 0.6) is 0 Å². The van der Waals surface area contributed by atoms with Crippen LogP contribution in [-0.4, -0.2) is 62.9 Å². The molecule has 1 aromatic rings. The zero-order valence-corrected chi connectivity index (χ0v) is 14.8. The minimum atomic E-state index is -3.52. The molecular formula is C17H24N2O4S. The Balaban J connectivity index is 1.71. The summed E-state index contributed by atoms with van der Waals surface area (Å²) in [5.41, 5.74) is 0.350. The Morgan fingerprint density at radius 2 is 1.75 bits per heavy atom. The molecule has 1 aliphatic heterocycles. The summed E-state index contributed by atoms with van der Waals surface area (Å²) < 4.78 is 31.9. The number of esters is 1. The van der Waals surface area contributed by atoms with Crippen molar-refractivity contribution in [1.82, 2.24) is 9.21 Å². The molecule has 6 nitrogen and oxygen atoms in total. The van der Waals surface area contributed by atoms with Gasteiger partial charge in [0, 0.05) is 25.7 Å². The van der Waals surface area contributed by atoms with E-state index in [1.807, 2.05) is 0 Å². The fourth-order valence-electron chi connectivity index (χ4n) is 3.30.